The number of aromatic nitrogens is 2. The number of hydrogen-bond acceptors (Lipinski definition) is 2. The monoisotopic (exact) mass is 376 g/mol. The van der Waals surface area contributed by atoms with Crippen molar-refractivity contribution < 1.29 is 0 Å². The van der Waals surface area contributed by atoms with Gasteiger partial charge in [0.15, 0.2) is 0 Å². The third kappa shape index (κ3) is 4.89. The summed E-state index contributed by atoms with van der Waals surface area (Å²) in [5.41, 5.74) is 3.96. The zero-order valence-electron chi connectivity index (χ0n) is 17.3. The average molecular weight is 377 g/mol. The van der Waals surface area contributed by atoms with Crippen LogP contribution in [0.25, 0.3) is 22.2 Å². The lowest BCUT2D eigenvalue weighted by Crippen LogP contribution is -2.23. The van der Waals surface area contributed by atoms with Gasteiger partial charge in [0, 0.05) is 23.7 Å². The summed E-state index contributed by atoms with van der Waals surface area (Å²) < 4.78 is 1.88. The fourth-order valence-corrected chi connectivity index (χ4v) is 3.81. The Hall–Kier alpha value is -2.42. The first kappa shape index (κ1) is 20.3. The molecule has 3 rings (SSSR count). The molecule has 2 aromatic heterocycles. The third-order valence-electron chi connectivity index (χ3n) is 5.39. The quantitative estimate of drug-likeness (QED) is 0.385. The molecule has 0 aliphatic heterocycles. The Labute approximate surface area is 168 Å². The van der Waals surface area contributed by atoms with E-state index < -0.39 is 0 Å². The predicted octanol–water partition coefficient (Wildman–Crippen LogP) is 6.38. The number of aryl methyl sites for hydroxylation is 2. The van der Waals surface area contributed by atoms with E-state index in [1.807, 2.05) is 16.7 Å². The third-order valence-corrected chi connectivity index (χ3v) is 5.39. The lowest BCUT2D eigenvalue weighted by molar-refractivity contribution is 0.557. The number of hydrogen-bond donors (Lipinski definition) is 0. The van der Waals surface area contributed by atoms with Crippen molar-refractivity contribution in [3.05, 3.63) is 64.6 Å². The Balaban J connectivity index is 1.89. The Morgan fingerprint density at radius 3 is 2.39 bits per heavy atom. The number of fused-ring (bicyclic) bond motifs is 1. The summed E-state index contributed by atoms with van der Waals surface area (Å²) >= 11 is 0. The molecule has 3 heteroatoms. The first-order valence-corrected chi connectivity index (χ1v) is 10.8. The van der Waals surface area contributed by atoms with Gasteiger partial charge in [-0.3, -0.25) is 9.36 Å². The van der Waals surface area contributed by atoms with Crippen LogP contribution in [-0.4, -0.2) is 9.55 Å². The molecule has 0 amide bonds. The molecule has 0 saturated carbocycles. The second-order valence-electron chi connectivity index (χ2n) is 7.65. The predicted molar refractivity (Wildman–Crippen MR) is 119 cm³/mol. The second kappa shape index (κ2) is 10.2. The number of rotatable bonds is 10. The largest absolute Gasteiger partial charge is 0.292 e. The molecule has 0 bridgehead atoms. The van der Waals surface area contributed by atoms with Crippen LogP contribution in [0.5, 0.6) is 0 Å². The van der Waals surface area contributed by atoms with Gasteiger partial charge in [-0.05, 0) is 42.2 Å². The molecule has 28 heavy (non-hydrogen) atoms. The van der Waals surface area contributed by atoms with Crippen LogP contribution in [0.1, 0.15) is 64.4 Å². The van der Waals surface area contributed by atoms with Crippen LogP contribution < -0.4 is 5.56 Å². The van der Waals surface area contributed by atoms with Crippen molar-refractivity contribution in [3.8, 4) is 11.1 Å². The summed E-state index contributed by atoms with van der Waals surface area (Å²) in [7, 11) is 0. The maximum absolute atomic E-state index is 13.3. The van der Waals surface area contributed by atoms with E-state index in [2.05, 4.69) is 49.2 Å². The van der Waals surface area contributed by atoms with Crippen LogP contribution in [0.15, 0.2) is 53.5 Å². The SMILES string of the molecule is CCCCCCCCn1c(=O)c(-c2ccc(CCC)cc2)cc2cccnc21. The molecule has 0 atom stereocenters. The fraction of sp³-hybridized carbons (Fsp3) is 0.440. The number of pyridine rings is 2. The minimum Gasteiger partial charge on any atom is -0.292 e. The average Bonchev–Trinajstić information content (AvgIpc) is 2.72. The van der Waals surface area contributed by atoms with E-state index in [-0.39, 0.29) is 5.56 Å². The van der Waals surface area contributed by atoms with E-state index in [9.17, 15) is 4.79 Å². The van der Waals surface area contributed by atoms with Gasteiger partial charge in [-0.2, -0.15) is 0 Å². The smallest absolute Gasteiger partial charge is 0.260 e. The maximum Gasteiger partial charge on any atom is 0.260 e. The Morgan fingerprint density at radius 1 is 0.893 bits per heavy atom. The van der Waals surface area contributed by atoms with E-state index >= 15 is 0 Å². The molecule has 1 aromatic carbocycles. The van der Waals surface area contributed by atoms with Crippen molar-refractivity contribution in [1.29, 1.82) is 0 Å². The van der Waals surface area contributed by atoms with Gasteiger partial charge in [-0.15, -0.1) is 0 Å². The van der Waals surface area contributed by atoms with Crippen molar-refractivity contribution in [3.63, 3.8) is 0 Å². The van der Waals surface area contributed by atoms with Crippen molar-refractivity contribution in [2.45, 2.75) is 71.8 Å². The summed E-state index contributed by atoms with van der Waals surface area (Å²) in [6, 6.07) is 14.4. The van der Waals surface area contributed by atoms with Crippen LogP contribution in [0.3, 0.4) is 0 Å². The summed E-state index contributed by atoms with van der Waals surface area (Å²) in [6.07, 6.45) is 11.3. The first-order chi connectivity index (χ1) is 13.7. The van der Waals surface area contributed by atoms with E-state index in [1.165, 1.54) is 31.2 Å². The summed E-state index contributed by atoms with van der Waals surface area (Å²) in [5.74, 6) is 0. The molecule has 148 valence electrons. The van der Waals surface area contributed by atoms with Crippen molar-refractivity contribution in [1.82, 2.24) is 9.55 Å². The summed E-state index contributed by atoms with van der Waals surface area (Å²) in [6.45, 7) is 5.16. The molecule has 0 aliphatic rings. The molecule has 0 saturated heterocycles. The highest BCUT2D eigenvalue weighted by Crippen LogP contribution is 2.21. The lowest BCUT2D eigenvalue weighted by atomic mass is 10.0. The molecule has 0 spiro atoms. The van der Waals surface area contributed by atoms with Crippen molar-refractivity contribution in [2.24, 2.45) is 0 Å². The van der Waals surface area contributed by atoms with Gasteiger partial charge >= 0.3 is 0 Å². The van der Waals surface area contributed by atoms with Crippen molar-refractivity contribution in [2.75, 3.05) is 0 Å². The number of unbranched alkanes of at least 4 members (excludes halogenated alkanes) is 5. The zero-order valence-corrected chi connectivity index (χ0v) is 17.3. The molecule has 2 heterocycles. The Bertz CT molecular complexity index is 941. The standard InChI is InChI=1S/C25H32N2O/c1-3-5-6-7-8-9-18-27-24-22(12-10-17-26-24)19-23(25(27)28)21-15-13-20(11-4-2)14-16-21/h10,12-17,19H,3-9,11,18H2,1-2H3. The number of benzene rings is 1. The first-order valence-electron chi connectivity index (χ1n) is 10.8. The van der Waals surface area contributed by atoms with Gasteiger partial charge in [0.1, 0.15) is 5.65 Å². The zero-order chi connectivity index (χ0) is 19.8. The minimum atomic E-state index is 0.0722. The molecule has 0 N–H and O–H groups in total. The molecule has 3 nitrogen and oxygen atoms in total. The topological polar surface area (TPSA) is 34.9 Å². The van der Waals surface area contributed by atoms with E-state index in [1.54, 1.807) is 6.20 Å². The normalized spacial score (nSPS) is 11.2. The van der Waals surface area contributed by atoms with Crippen LogP contribution in [0.4, 0.5) is 0 Å². The van der Waals surface area contributed by atoms with Gasteiger partial charge in [-0.1, -0.05) is 76.6 Å². The Kier molecular flexibility index (Phi) is 7.41. The van der Waals surface area contributed by atoms with Crippen LogP contribution in [-0.2, 0) is 13.0 Å². The molecular formula is C25H32N2O. The highest BCUT2D eigenvalue weighted by atomic mass is 16.1. The van der Waals surface area contributed by atoms with Gasteiger partial charge in [0.05, 0.1) is 0 Å². The highest BCUT2D eigenvalue weighted by Gasteiger charge is 2.12. The van der Waals surface area contributed by atoms with E-state index in [0.717, 1.165) is 54.4 Å². The van der Waals surface area contributed by atoms with Crippen molar-refractivity contribution >= 4 is 11.0 Å². The molecular weight excluding hydrogens is 344 g/mol. The maximum atomic E-state index is 13.3. The van der Waals surface area contributed by atoms with Gasteiger partial charge in [-0.25, -0.2) is 4.98 Å². The Morgan fingerprint density at radius 2 is 1.64 bits per heavy atom. The lowest BCUT2D eigenvalue weighted by Gasteiger charge is -2.13. The summed E-state index contributed by atoms with van der Waals surface area (Å²) in [4.78, 5) is 17.8. The molecule has 0 radical (unpaired) electrons. The second-order valence-corrected chi connectivity index (χ2v) is 7.65. The van der Waals surface area contributed by atoms with Gasteiger partial charge in [0.2, 0.25) is 0 Å². The van der Waals surface area contributed by atoms with Crippen LogP contribution >= 0.6 is 0 Å². The van der Waals surface area contributed by atoms with Crippen LogP contribution in [0, 0.1) is 0 Å². The minimum absolute atomic E-state index is 0.0722. The molecule has 0 fully saturated rings. The highest BCUT2D eigenvalue weighted by molar-refractivity contribution is 5.81. The van der Waals surface area contributed by atoms with Gasteiger partial charge < -0.3 is 0 Å². The van der Waals surface area contributed by atoms with Crippen LogP contribution in [0.2, 0.25) is 0 Å². The van der Waals surface area contributed by atoms with E-state index in [0.29, 0.717) is 0 Å². The van der Waals surface area contributed by atoms with Gasteiger partial charge in [0.25, 0.3) is 5.56 Å². The van der Waals surface area contributed by atoms with E-state index in [4.69, 9.17) is 0 Å². The number of nitrogens with zero attached hydrogens (tertiary/aromatic N) is 2. The molecule has 0 unspecified atom stereocenters. The summed E-state index contributed by atoms with van der Waals surface area (Å²) in [5, 5.41) is 1.03. The molecule has 3 aromatic rings. The fourth-order valence-electron chi connectivity index (χ4n) is 3.81. The molecule has 0 aliphatic carbocycles.